The topological polar surface area (TPSA) is 102 Å². The number of H-pyrrole nitrogens is 1. The SMILES string of the molecule is COc1cc(OCCO)cc(N(C)C(C(=O)c2c[nH]c3cc(OC)c(OC(F)(F)F)cc23)c2ccc(F)cc2OC)c1. The number of fused-ring (bicyclic) bond motifs is 1. The number of nitrogens with one attached hydrogen (secondary N) is 1. The summed E-state index contributed by atoms with van der Waals surface area (Å²) in [6, 6.07) is 9.72. The van der Waals surface area contributed by atoms with Crippen LogP contribution in [0.4, 0.5) is 23.2 Å². The van der Waals surface area contributed by atoms with E-state index in [4.69, 9.17) is 18.9 Å². The largest absolute Gasteiger partial charge is 0.573 e. The van der Waals surface area contributed by atoms with Gasteiger partial charge in [0.15, 0.2) is 17.3 Å². The molecule has 0 bridgehead atoms. The molecule has 224 valence electrons. The number of aliphatic hydroxyl groups is 1. The molecule has 42 heavy (non-hydrogen) atoms. The number of carbonyl (C=O) groups is 1. The molecule has 0 aliphatic heterocycles. The molecule has 3 aromatic carbocycles. The molecular weight excluding hydrogens is 564 g/mol. The Balaban J connectivity index is 1.89. The zero-order valence-corrected chi connectivity index (χ0v) is 23.0. The lowest BCUT2D eigenvalue weighted by atomic mass is 9.94. The third-order valence-corrected chi connectivity index (χ3v) is 6.45. The molecule has 1 unspecified atom stereocenters. The van der Waals surface area contributed by atoms with E-state index in [0.717, 1.165) is 12.1 Å². The highest BCUT2D eigenvalue weighted by molar-refractivity contribution is 6.12. The molecule has 1 aromatic heterocycles. The summed E-state index contributed by atoms with van der Waals surface area (Å²) < 4.78 is 79.1. The van der Waals surface area contributed by atoms with Gasteiger partial charge in [0.2, 0.25) is 0 Å². The van der Waals surface area contributed by atoms with Gasteiger partial charge in [-0.3, -0.25) is 4.79 Å². The number of aliphatic hydroxyl groups excluding tert-OH is 1. The molecule has 0 aliphatic carbocycles. The number of aromatic amines is 1. The molecule has 0 amide bonds. The van der Waals surface area contributed by atoms with Crippen LogP contribution >= 0.6 is 0 Å². The van der Waals surface area contributed by atoms with E-state index < -0.39 is 29.8 Å². The average molecular weight is 593 g/mol. The first-order chi connectivity index (χ1) is 20.0. The minimum absolute atomic E-state index is 0.00555. The molecule has 0 spiro atoms. The molecule has 0 radical (unpaired) electrons. The number of hydrogen-bond donors (Lipinski definition) is 2. The molecule has 4 aromatic rings. The number of alkyl halides is 3. The highest BCUT2D eigenvalue weighted by atomic mass is 19.4. The van der Waals surface area contributed by atoms with E-state index in [1.165, 1.54) is 45.7 Å². The number of Topliss-reactive ketones (excluding diaryl/α,β-unsaturated/α-hetero) is 1. The van der Waals surface area contributed by atoms with E-state index in [0.29, 0.717) is 22.7 Å². The number of anilines is 1. The van der Waals surface area contributed by atoms with Gasteiger partial charge in [-0.2, -0.15) is 0 Å². The van der Waals surface area contributed by atoms with Gasteiger partial charge in [0, 0.05) is 65.8 Å². The van der Waals surface area contributed by atoms with E-state index in [1.807, 2.05) is 0 Å². The normalized spacial score (nSPS) is 12.1. The van der Waals surface area contributed by atoms with Gasteiger partial charge in [-0.15, -0.1) is 13.2 Å². The highest BCUT2D eigenvalue weighted by Crippen LogP contribution is 2.41. The van der Waals surface area contributed by atoms with Crippen molar-refractivity contribution in [1.82, 2.24) is 4.98 Å². The number of ketones is 1. The Labute approximate surface area is 238 Å². The molecule has 13 heteroatoms. The zero-order chi connectivity index (χ0) is 30.6. The van der Waals surface area contributed by atoms with E-state index in [2.05, 4.69) is 9.72 Å². The second-order valence-electron chi connectivity index (χ2n) is 9.00. The summed E-state index contributed by atoms with van der Waals surface area (Å²) >= 11 is 0. The van der Waals surface area contributed by atoms with Crippen molar-refractivity contribution in [3.63, 3.8) is 0 Å². The maximum Gasteiger partial charge on any atom is 0.573 e. The van der Waals surface area contributed by atoms with Crippen LogP contribution in [0.3, 0.4) is 0 Å². The molecule has 1 heterocycles. The lowest BCUT2D eigenvalue weighted by Crippen LogP contribution is -2.31. The number of aromatic nitrogens is 1. The van der Waals surface area contributed by atoms with Gasteiger partial charge >= 0.3 is 6.36 Å². The van der Waals surface area contributed by atoms with Crippen molar-refractivity contribution in [2.24, 2.45) is 0 Å². The Kier molecular flexibility index (Phi) is 9.00. The number of ether oxygens (including phenoxy) is 5. The molecule has 9 nitrogen and oxygen atoms in total. The fraction of sp³-hybridized carbons (Fsp3) is 0.276. The maximum absolute atomic E-state index is 14.3. The fourth-order valence-electron chi connectivity index (χ4n) is 4.56. The second kappa shape index (κ2) is 12.5. The van der Waals surface area contributed by atoms with Gasteiger partial charge in [0.25, 0.3) is 0 Å². The van der Waals surface area contributed by atoms with Gasteiger partial charge in [-0.25, -0.2) is 4.39 Å². The molecule has 0 saturated carbocycles. The summed E-state index contributed by atoms with van der Waals surface area (Å²) in [7, 11) is 5.57. The van der Waals surface area contributed by atoms with Crippen LogP contribution < -0.4 is 28.6 Å². The number of likely N-dealkylation sites (N-methyl/N-ethyl adjacent to an activating group) is 1. The first kappa shape index (κ1) is 30.3. The molecule has 0 saturated heterocycles. The predicted octanol–water partition coefficient (Wildman–Crippen LogP) is 5.66. The molecule has 4 rings (SSSR count). The number of benzene rings is 3. The van der Waals surface area contributed by atoms with Gasteiger partial charge in [0.1, 0.15) is 35.7 Å². The van der Waals surface area contributed by atoms with Crippen LogP contribution in [0.25, 0.3) is 10.9 Å². The molecule has 2 N–H and O–H groups in total. The average Bonchev–Trinajstić information content (AvgIpc) is 3.37. The lowest BCUT2D eigenvalue weighted by molar-refractivity contribution is -0.275. The van der Waals surface area contributed by atoms with Crippen molar-refractivity contribution >= 4 is 22.4 Å². The number of nitrogens with zero attached hydrogens (tertiary/aromatic N) is 1. The van der Waals surface area contributed by atoms with E-state index >= 15 is 0 Å². The van der Waals surface area contributed by atoms with Crippen molar-refractivity contribution in [3.8, 4) is 28.7 Å². The van der Waals surface area contributed by atoms with Crippen LogP contribution in [0.2, 0.25) is 0 Å². The zero-order valence-electron chi connectivity index (χ0n) is 23.0. The van der Waals surface area contributed by atoms with Gasteiger partial charge in [0.05, 0.1) is 33.5 Å². The Hall–Kier alpha value is -4.65. The van der Waals surface area contributed by atoms with Crippen molar-refractivity contribution in [2.75, 3.05) is 46.5 Å². The van der Waals surface area contributed by atoms with Crippen LogP contribution in [0.15, 0.2) is 54.7 Å². The van der Waals surface area contributed by atoms with Crippen LogP contribution in [-0.2, 0) is 0 Å². The molecular formula is C29H28F4N2O7. The Morgan fingerprint density at radius 2 is 1.67 bits per heavy atom. The van der Waals surface area contributed by atoms with Gasteiger partial charge < -0.3 is 38.7 Å². The van der Waals surface area contributed by atoms with Crippen LogP contribution in [0, 0.1) is 5.82 Å². The molecule has 0 aliphatic rings. The maximum atomic E-state index is 14.3. The number of carbonyl (C=O) groups excluding carboxylic acids is 1. The van der Waals surface area contributed by atoms with Crippen molar-refractivity contribution in [1.29, 1.82) is 0 Å². The predicted molar refractivity (Wildman–Crippen MR) is 146 cm³/mol. The van der Waals surface area contributed by atoms with Crippen molar-refractivity contribution < 1.29 is 51.1 Å². The third kappa shape index (κ3) is 6.46. The first-order valence-electron chi connectivity index (χ1n) is 12.5. The minimum Gasteiger partial charge on any atom is -0.497 e. The van der Waals surface area contributed by atoms with Gasteiger partial charge in [-0.1, -0.05) is 0 Å². The number of rotatable bonds is 12. The Morgan fingerprint density at radius 3 is 2.31 bits per heavy atom. The van der Waals surface area contributed by atoms with E-state index in [-0.39, 0.29) is 41.2 Å². The number of halogens is 4. The summed E-state index contributed by atoms with van der Waals surface area (Å²) in [4.78, 5) is 18.8. The summed E-state index contributed by atoms with van der Waals surface area (Å²) in [5, 5.41) is 9.33. The second-order valence-corrected chi connectivity index (χ2v) is 9.00. The molecule has 0 fully saturated rings. The van der Waals surface area contributed by atoms with Crippen LogP contribution in [-0.4, -0.2) is 63.8 Å². The molecule has 1 atom stereocenters. The Morgan fingerprint density at radius 1 is 0.952 bits per heavy atom. The standard InChI is InChI=1S/C29H28F4N2O7/c1-35(17-10-18(38-2)12-19(11-17)41-8-7-36)27(20-6-5-16(30)9-24(20)39-3)28(37)22-15-34-23-14-25(40-4)26(13-21(22)23)42-29(31,32)33/h5-6,9-15,27,34,36H,7-8H2,1-4H3. The quantitative estimate of drug-likeness (QED) is 0.161. The van der Waals surface area contributed by atoms with E-state index in [9.17, 15) is 27.5 Å². The van der Waals surface area contributed by atoms with Crippen LogP contribution in [0.5, 0.6) is 28.7 Å². The summed E-state index contributed by atoms with van der Waals surface area (Å²) in [6.45, 7) is -0.229. The highest BCUT2D eigenvalue weighted by Gasteiger charge is 2.35. The fourth-order valence-corrected chi connectivity index (χ4v) is 4.56. The smallest absolute Gasteiger partial charge is 0.497 e. The first-order valence-corrected chi connectivity index (χ1v) is 12.5. The van der Waals surface area contributed by atoms with Crippen LogP contribution in [0.1, 0.15) is 22.0 Å². The summed E-state index contributed by atoms with van der Waals surface area (Å²) in [5.74, 6) is -1.18. The van der Waals surface area contributed by atoms with Crippen molar-refractivity contribution in [3.05, 3.63) is 71.7 Å². The van der Waals surface area contributed by atoms with Gasteiger partial charge in [-0.05, 0) is 18.2 Å². The number of hydrogen-bond acceptors (Lipinski definition) is 8. The van der Waals surface area contributed by atoms with E-state index in [1.54, 1.807) is 30.1 Å². The van der Waals surface area contributed by atoms with Crippen molar-refractivity contribution in [2.45, 2.75) is 12.4 Å². The lowest BCUT2D eigenvalue weighted by Gasteiger charge is -2.31. The number of methoxy groups -OCH3 is 3. The minimum atomic E-state index is -5.01. The third-order valence-electron chi connectivity index (χ3n) is 6.45. The summed E-state index contributed by atoms with van der Waals surface area (Å²) in [5.41, 5.74) is 1.07. The summed E-state index contributed by atoms with van der Waals surface area (Å²) in [6.07, 6.45) is -3.64. The monoisotopic (exact) mass is 592 g/mol. The Bertz CT molecular complexity index is 1570.